The minimum Gasteiger partial charge on any atom is -0.494 e. The Kier molecular flexibility index (Phi) is 5.44. The van der Waals surface area contributed by atoms with Crippen LogP contribution < -0.4 is 10.5 Å². The molecule has 1 amide bonds. The van der Waals surface area contributed by atoms with Gasteiger partial charge in [-0.25, -0.2) is 0 Å². The van der Waals surface area contributed by atoms with Gasteiger partial charge in [-0.15, -0.1) is 12.4 Å². The van der Waals surface area contributed by atoms with Gasteiger partial charge in [0.1, 0.15) is 5.75 Å². The molecule has 0 radical (unpaired) electrons. The number of hydrogen-bond acceptors (Lipinski definition) is 3. The number of rotatable bonds is 3. The van der Waals surface area contributed by atoms with Gasteiger partial charge in [0.05, 0.1) is 6.61 Å². The molecule has 0 aromatic heterocycles. The second-order valence-electron chi connectivity index (χ2n) is 4.26. The van der Waals surface area contributed by atoms with E-state index in [4.69, 9.17) is 10.5 Å². The van der Waals surface area contributed by atoms with Gasteiger partial charge in [0.15, 0.2) is 0 Å². The molecule has 1 aliphatic heterocycles. The summed E-state index contributed by atoms with van der Waals surface area (Å²) in [6.07, 6.45) is 0.892. The number of ether oxygens (including phenoxy) is 1. The molecule has 2 rings (SSSR count). The number of benzene rings is 1. The van der Waals surface area contributed by atoms with Gasteiger partial charge < -0.3 is 15.4 Å². The summed E-state index contributed by atoms with van der Waals surface area (Å²) in [4.78, 5) is 13.9. The first-order valence-electron chi connectivity index (χ1n) is 5.98. The fourth-order valence-corrected chi connectivity index (χ4v) is 2.01. The van der Waals surface area contributed by atoms with Crippen LogP contribution in [0.25, 0.3) is 0 Å². The Balaban J connectivity index is 0.00000162. The fourth-order valence-electron chi connectivity index (χ4n) is 2.01. The van der Waals surface area contributed by atoms with E-state index in [9.17, 15) is 4.79 Å². The van der Waals surface area contributed by atoms with E-state index in [2.05, 4.69) is 0 Å². The van der Waals surface area contributed by atoms with Gasteiger partial charge in [0, 0.05) is 24.7 Å². The second-order valence-corrected chi connectivity index (χ2v) is 4.26. The highest BCUT2D eigenvalue weighted by molar-refractivity contribution is 5.94. The van der Waals surface area contributed by atoms with Crippen LogP contribution in [0.2, 0.25) is 0 Å². The number of hydrogen-bond donors (Lipinski definition) is 1. The standard InChI is InChI=1S/C13H18N2O2.ClH/c1-2-17-12-5-3-10(4-6-12)13(16)15-8-7-11(14)9-15;/h3-6,11H,2,7-9,14H2,1H3;1H. The number of carbonyl (C=O) groups is 1. The Morgan fingerprint density at radius 2 is 2.11 bits per heavy atom. The maximum Gasteiger partial charge on any atom is 0.253 e. The van der Waals surface area contributed by atoms with E-state index in [0.29, 0.717) is 18.7 Å². The summed E-state index contributed by atoms with van der Waals surface area (Å²) >= 11 is 0. The third-order valence-electron chi connectivity index (χ3n) is 2.92. The second kappa shape index (κ2) is 6.61. The van der Waals surface area contributed by atoms with Crippen LogP contribution in [0.4, 0.5) is 0 Å². The van der Waals surface area contributed by atoms with E-state index < -0.39 is 0 Å². The Labute approximate surface area is 114 Å². The van der Waals surface area contributed by atoms with E-state index in [-0.39, 0.29) is 24.4 Å². The summed E-state index contributed by atoms with van der Waals surface area (Å²) in [7, 11) is 0. The minimum absolute atomic E-state index is 0. The van der Waals surface area contributed by atoms with Crippen molar-refractivity contribution in [1.29, 1.82) is 0 Å². The van der Waals surface area contributed by atoms with E-state index in [1.807, 2.05) is 19.1 Å². The first-order valence-corrected chi connectivity index (χ1v) is 5.98. The van der Waals surface area contributed by atoms with Crippen molar-refractivity contribution < 1.29 is 9.53 Å². The van der Waals surface area contributed by atoms with Crippen molar-refractivity contribution in [1.82, 2.24) is 4.90 Å². The zero-order chi connectivity index (χ0) is 12.3. The molecule has 1 atom stereocenters. The molecule has 0 aliphatic carbocycles. The van der Waals surface area contributed by atoms with Crippen molar-refractivity contribution in [3.8, 4) is 5.75 Å². The van der Waals surface area contributed by atoms with Crippen molar-refractivity contribution in [2.24, 2.45) is 5.73 Å². The van der Waals surface area contributed by atoms with E-state index in [1.54, 1.807) is 17.0 Å². The van der Waals surface area contributed by atoms with Gasteiger partial charge in [0.25, 0.3) is 5.91 Å². The summed E-state index contributed by atoms with van der Waals surface area (Å²) in [6.45, 7) is 3.98. The van der Waals surface area contributed by atoms with Crippen LogP contribution >= 0.6 is 12.4 Å². The number of amides is 1. The quantitative estimate of drug-likeness (QED) is 0.909. The third kappa shape index (κ3) is 3.37. The van der Waals surface area contributed by atoms with Crippen molar-refractivity contribution in [2.45, 2.75) is 19.4 Å². The molecule has 18 heavy (non-hydrogen) atoms. The molecule has 1 aromatic carbocycles. The average molecular weight is 271 g/mol. The van der Waals surface area contributed by atoms with Crippen molar-refractivity contribution in [2.75, 3.05) is 19.7 Å². The molecule has 1 aromatic rings. The lowest BCUT2D eigenvalue weighted by Crippen LogP contribution is -2.31. The molecule has 1 saturated heterocycles. The molecule has 1 heterocycles. The SMILES string of the molecule is CCOc1ccc(C(=O)N2CCC(N)C2)cc1.Cl. The topological polar surface area (TPSA) is 55.6 Å². The molecule has 0 bridgehead atoms. The maximum absolute atomic E-state index is 12.1. The zero-order valence-electron chi connectivity index (χ0n) is 10.5. The first kappa shape index (κ1) is 14.8. The highest BCUT2D eigenvalue weighted by Gasteiger charge is 2.24. The Bertz CT molecular complexity index is 394. The Morgan fingerprint density at radius 3 is 2.61 bits per heavy atom. The largest absolute Gasteiger partial charge is 0.494 e. The van der Waals surface area contributed by atoms with Gasteiger partial charge in [-0.1, -0.05) is 0 Å². The van der Waals surface area contributed by atoms with Crippen molar-refractivity contribution in [3.05, 3.63) is 29.8 Å². The number of carbonyl (C=O) groups excluding carboxylic acids is 1. The summed E-state index contributed by atoms with van der Waals surface area (Å²) in [5.74, 6) is 0.850. The molecule has 0 spiro atoms. The lowest BCUT2D eigenvalue weighted by molar-refractivity contribution is 0.0791. The van der Waals surface area contributed by atoms with Gasteiger partial charge in [-0.3, -0.25) is 4.79 Å². The normalized spacial score (nSPS) is 18.3. The minimum atomic E-state index is 0. The summed E-state index contributed by atoms with van der Waals surface area (Å²) in [6, 6.07) is 7.38. The van der Waals surface area contributed by atoms with Crippen LogP contribution in [0, 0.1) is 0 Å². The maximum atomic E-state index is 12.1. The van der Waals surface area contributed by atoms with Crippen LogP contribution in [0.3, 0.4) is 0 Å². The molecule has 1 unspecified atom stereocenters. The lowest BCUT2D eigenvalue weighted by atomic mass is 10.2. The van der Waals surface area contributed by atoms with Gasteiger partial charge in [-0.05, 0) is 37.6 Å². The van der Waals surface area contributed by atoms with Gasteiger partial charge >= 0.3 is 0 Å². The van der Waals surface area contributed by atoms with Crippen LogP contribution in [0.1, 0.15) is 23.7 Å². The van der Waals surface area contributed by atoms with Crippen molar-refractivity contribution >= 4 is 18.3 Å². The Morgan fingerprint density at radius 1 is 1.44 bits per heavy atom. The number of nitrogens with two attached hydrogens (primary N) is 1. The number of halogens is 1. The summed E-state index contributed by atoms with van der Waals surface area (Å²) in [5, 5.41) is 0. The molecular weight excluding hydrogens is 252 g/mol. The van der Waals surface area contributed by atoms with Crippen LogP contribution in [0.15, 0.2) is 24.3 Å². The summed E-state index contributed by atoms with van der Waals surface area (Å²) < 4.78 is 5.34. The molecule has 4 nitrogen and oxygen atoms in total. The first-order chi connectivity index (χ1) is 8.20. The highest BCUT2D eigenvalue weighted by Crippen LogP contribution is 2.16. The smallest absolute Gasteiger partial charge is 0.253 e. The van der Waals surface area contributed by atoms with E-state index in [1.165, 1.54) is 0 Å². The summed E-state index contributed by atoms with van der Waals surface area (Å²) in [5.41, 5.74) is 6.49. The molecule has 5 heteroatoms. The molecular formula is C13H19ClN2O2. The predicted molar refractivity (Wildman–Crippen MR) is 73.4 cm³/mol. The van der Waals surface area contributed by atoms with Crippen LogP contribution in [-0.4, -0.2) is 36.5 Å². The molecule has 1 aliphatic rings. The number of likely N-dealkylation sites (tertiary alicyclic amines) is 1. The van der Waals surface area contributed by atoms with Crippen LogP contribution in [-0.2, 0) is 0 Å². The van der Waals surface area contributed by atoms with Gasteiger partial charge in [0.2, 0.25) is 0 Å². The Hall–Kier alpha value is -1.26. The molecule has 1 fully saturated rings. The predicted octanol–water partition coefficient (Wildman–Crippen LogP) is 1.68. The number of nitrogens with zero attached hydrogens (tertiary/aromatic N) is 1. The third-order valence-corrected chi connectivity index (χ3v) is 2.92. The monoisotopic (exact) mass is 270 g/mol. The molecule has 0 saturated carbocycles. The molecule has 2 N–H and O–H groups in total. The highest BCUT2D eigenvalue weighted by atomic mass is 35.5. The van der Waals surface area contributed by atoms with Crippen molar-refractivity contribution in [3.63, 3.8) is 0 Å². The fraction of sp³-hybridized carbons (Fsp3) is 0.462. The average Bonchev–Trinajstić information content (AvgIpc) is 2.76. The van der Waals surface area contributed by atoms with Gasteiger partial charge in [-0.2, -0.15) is 0 Å². The zero-order valence-corrected chi connectivity index (χ0v) is 11.3. The lowest BCUT2D eigenvalue weighted by Gasteiger charge is -2.15. The van der Waals surface area contributed by atoms with Crippen LogP contribution in [0.5, 0.6) is 5.75 Å². The van der Waals surface area contributed by atoms with E-state index >= 15 is 0 Å². The van der Waals surface area contributed by atoms with E-state index in [0.717, 1.165) is 18.7 Å². The molecule has 100 valence electrons.